The number of nitrogens with two attached hydrogens (primary N) is 1. The first-order chi connectivity index (χ1) is 9.80. The molecule has 1 aromatic rings. The number of nitrogens with zero attached hydrogens (tertiary/aromatic N) is 1. The van der Waals surface area contributed by atoms with E-state index in [4.69, 9.17) is 10.5 Å². The van der Waals surface area contributed by atoms with Crippen LogP contribution in [-0.4, -0.2) is 38.0 Å². The first-order valence-electron chi connectivity index (χ1n) is 7.32. The fraction of sp³-hybridized carbons (Fsp3) is 0.600. The number of fused-ring (bicyclic) bond motifs is 2. The van der Waals surface area contributed by atoms with Crippen LogP contribution in [0.1, 0.15) is 29.5 Å². The van der Waals surface area contributed by atoms with Gasteiger partial charge in [-0.2, -0.15) is 4.31 Å². The molecule has 2 atom stereocenters. The van der Waals surface area contributed by atoms with Gasteiger partial charge in [-0.15, -0.1) is 0 Å². The zero-order chi connectivity index (χ0) is 15.4. The lowest BCUT2D eigenvalue weighted by atomic mass is 10.1. The highest BCUT2D eigenvalue weighted by Crippen LogP contribution is 2.34. The summed E-state index contributed by atoms with van der Waals surface area (Å²) in [6, 6.07) is 1.85. The Balaban J connectivity index is 2.05. The second-order valence-corrected chi connectivity index (χ2v) is 8.03. The number of sulfonamides is 1. The maximum atomic E-state index is 13.0. The van der Waals surface area contributed by atoms with Crippen LogP contribution in [0.4, 0.5) is 5.69 Å². The molecule has 2 aliphatic rings. The number of morpholine rings is 1. The highest BCUT2D eigenvalue weighted by molar-refractivity contribution is 7.89. The number of benzene rings is 1. The van der Waals surface area contributed by atoms with Crippen molar-refractivity contribution < 1.29 is 13.2 Å². The van der Waals surface area contributed by atoms with Crippen LogP contribution in [0, 0.1) is 20.8 Å². The van der Waals surface area contributed by atoms with Crippen molar-refractivity contribution >= 4 is 15.7 Å². The average Bonchev–Trinajstić information content (AvgIpc) is 2.74. The number of hydrogen-bond donors (Lipinski definition) is 1. The van der Waals surface area contributed by atoms with Gasteiger partial charge in [-0.25, -0.2) is 8.42 Å². The van der Waals surface area contributed by atoms with E-state index < -0.39 is 10.0 Å². The summed E-state index contributed by atoms with van der Waals surface area (Å²) in [7, 11) is -3.52. The van der Waals surface area contributed by atoms with Crippen molar-refractivity contribution in [3.8, 4) is 0 Å². The lowest BCUT2D eigenvalue weighted by Crippen LogP contribution is -2.46. The standard InChI is InChI=1S/C15H22N2O3S/c1-9-6-10(2)15(11(3)14(9)16)21(18,19)17-7-12-4-5-13(8-17)20-12/h6,12-13H,4-5,7-8,16H2,1-3H3. The number of rotatable bonds is 2. The Kier molecular flexibility index (Phi) is 3.50. The third kappa shape index (κ3) is 2.35. The molecule has 2 fully saturated rings. The number of hydrogen-bond acceptors (Lipinski definition) is 4. The van der Waals surface area contributed by atoms with Gasteiger partial charge in [-0.05, 0) is 50.3 Å². The van der Waals surface area contributed by atoms with Crippen LogP contribution in [0.2, 0.25) is 0 Å². The minimum Gasteiger partial charge on any atom is -0.398 e. The molecular formula is C15H22N2O3S. The fourth-order valence-corrected chi connectivity index (χ4v) is 5.43. The molecule has 21 heavy (non-hydrogen) atoms. The normalized spacial score (nSPS) is 26.2. The molecule has 116 valence electrons. The molecule has 2 aliphatic heterocycles. The summed E-state index contributed by atoms with van der Waals surface area (Å²) >= 11 is 0. The zero-order valence-corrected chi connectivity index (χ0v) is 13.5. The molecule has 0 aromatic heterocycles. The molecule has 5 nitrogen and oxygen atoms in total. The quantitative estimate of drug-likeness (QED) is 0.845. The summed E-state index contributed by atoms with van der Waals surface area (Å²) in [4.78, 5) is 0.368. The van der Waals surface area contributed by atoms with Gasteiger partial charge in [0.15, 0.2) is 0 Å². The molecule has 2 saturated heterocycles. The maximum absolute atomic E-state index is 13.0. The lowest BCUT2D eigenvalue weighted by Gasteiger charge is -2.32. The lowest BCUT2D eigenvalue weighted by molar-refractivity contribution is -0.0114. The van der Waals surface area contributed by atoms with E-state index in [9.17, 15) is 8.42 Å². The minimum absolute atomic E-state index is 0.0435. The van der Waals surface area contributed by atoms with Gasteiger partial charge in [0.2, 0.25) is 10.0 Å². The summed E-state index contributed by atoms with van der Waals surface area (Å²) < 4.78 is 33.4. The number of ether oxygens (including phenoxy) is 1. The van der Waals surface area contributed by atoms with E-state index in [1.165, 1.54) is 0 Å². The van der Waals surface area contributed by atoms with E-state index in [0.29, 0.717) is 29.2 Å². The maximum Gasteiger partial charge on any atom is 0.243 e. The van der Waals surface area contributed by atoms with Crippen molar-refractivity contribution in [2.45, 2.75) is 50.7 Å². The van der Waals surface area contributed by atoms with Gasteiger partial charge in [0.1, 0.15) is 0 Å². The molecule has 0 saturated carbocycles. The molecule has 0 radical (unpaired) electrons. The van der Waals surface area contributed by atoms with E-state index in [2.05, 4.69) is 0 Å². The van der Waals surface area contributed by atoms with E-state index in [-0.39, 0.29) is 12.2 Å². The number of anilines is 1. The third-order valence-electron chi connectivity index (χ3n) is 4.57. The Hall–Kier alpha value is -1.11. The molecule has 1 aromatic carbocycles. The topological polar surface area (TPSA) is 72.6 Å². The van der Waals surface area contributed by atoms with Crippen molar-refractivity contribution in [2.24, 2.45) is 0 Å². The average molecular weight is 310 g/mol. The Morgan fingerprint density at radius 2 is 1.71 bits per heavy atom. The first kappa shape index (κ1) is 14.8. The van der Waals surface area contributed by atoms with Gasteiger partial charge < -0.3 is 10.5 Å². The van der Waals surface area contributed by atoms with E-state index in [0.717, 1.165) is 24.0 Å². The van der Waals surface area contributed by atoms with Gasteiger partial charge in [0.05, 0.1) is 17.1 Å². The van der Waals surface area contributed by atoms with Gasteiger partial charge >= 0.3 is 0 Å². The summed E-state index contributed by atoms with van der Waals surface area (Å²) in [5.74, 6) is 0. The second-order valence-electron chi connectivity index (χ2n) is 6.16. The zero-order valence-electron chi connectivity index (χ0n) is 12.7. The van der Waals surface area contributed by atoms with Gasteiger partial charge in [-0.1, -0.05) is 6.07 Å². The predicted molar refractivity (Wildman–Crippen MR) is 81.7 cm³/mol. The number of aryl methyl sites for hydroxylation is 2. The van der Waals surface area contributed by atoms with E-state index in [1.807, 2.05) is 19.9 Å². The Morgan fingerprint density at radius 3 is 2.29 bits per heavy atom. The van der Waals surface area contributed by atoms with Crippen LogP contribution in [0.15, 0.2) is 11.0 Å². The predicted octanol–water partition coefficient (Wildman–Crippen LogP) is 1.75. The first-order valence-corrected chi connectivity index (χ1v) is 8.76. The van der Waals surface area contributed by atoms with Gasteiger partial charge in [0.25, 0.3) is 0 Å². The molecule has 0 spiro atoms. The third-order valence-corrected chi connectivity index (χ3v) is 6.69. The highest BCUT2D eigenvalue weighted by Gasteiger charge is 2.40. The molecular weight excluding hydrogens is 288 g/mol. The summed E-state index contributed by atoms with van der Waals surface area (Å²) in [5.41, 5.74) is 8.95. The van der Waals surface area contributed by atoms with Gasteiger partial charge in [0, 0.05) is 18.8 Å². The van der Waals surface area contributed by atoms with Crippen LogP contribution in [0.5, 0.6) is 0 Å². The molecule has 2 N–H and O–H groups in total. The number of nitrogen functional groups attached to an aromatic ring is 1. The second kappa shape index (κ2) is 4.97. The molecule has 0 amide bonds. The minimum atomic E-state index is -3.52. The van der Waals surface area contributed by atoms with Crippen molar-refractivity contribution in [3.63, 3.8) is 0 Å². The van der Waals surface area contributed by atoms with Crippen LogP contribution < -0.4 is 5.73 Å². The summed E-state index contributed by atoms with van der Waals surface area (Å²) in [6.07, 6.45) is 1.99. The highest BCUT2D eigenvalue weighted by atomic mass is 32.2. The Morgan fingerprint density at radius 1 is 1.14 bits per heavy atom. The van der Waals surface area contributed by atoms with Crippen molar-refractivity contribution in [1.82, 2.24) is 4.31 Å². The SMILES string of the molecule is Cc1cc(C)c(S(=O)(=O)N2CC3CCC(C2)O3)c(C)c1N. The van der Waals surface area contributed by atoms with E-state index >= 15 is 0 Å². The Bertz CT molecular complexity index is 673. The molecule has 0 aliphatic carbocycles. The van der Waals surface area contributed by atoms with Crippen molar-refractivity contribution in [1.29, 1.82) is 0 Å². The van der Waals surface area contributed by atoms with Crippen molar-refractivity contribution in [3.05, 3.63) is 22.8 Å². The van der Waals surface area contributed by atoms with Crippen LogP contribution in [-0.2, 0) is 14.8 Å². The van der Waals surface area contributed by atoms with Crippen molar-refractivity contribution in [2.75, 3.05) is 18.8 Å². The largest absolute Gasteiger partial charge is 0.398 e. The van der Waals surface area contributed by atoms with Gasteiger partial charge in [-0.3, -0.25) is 0 Å². The fourth-order valence-electron chi connectivity index (χ4n) is 3.48. The Labute approximate surface area is 126 Å². The molecule has 2 unspecified atom stereocenters. The summed E-state index contributed by atoms with van der Waals surface area (Å²) in [5, 5.41) is 0. The smallest absolute Gasteiger partial charge is 0.243 e. The molecule has 3 rings (SSSR count). The van der Waals surface area contributed by atoms with Crippen LogP contribution >= 0.6 is 0 Å². The molecule has 2 heterocycles. The molecule has 2 bridgehead atoms. The monoisotopic (exact) mass is 310 g/mol. The van der Waals surface area contributed by atoms with E-state index in [1.54, 1.807) is 11.2 Å². The summed E-state index contributed by atoms with van der Waals surface area (Å²) in [6.45, 7) is 6.43. The van der Waals surface area contributed by atoms with Crippen LogP contribution in [0.25, 0.3) is 0 Å². The molecule has 6 heteroatoms. The van der Waals surface area contributed by atoms with Crippen LogP contribution in [0.3, 0.4) is 0 Å².